The largest absolute Gasteiger partial charge is 0.376 e. The van der Waals surface area contributed by atoms with Gasteiger partial charge in [0.05, 0.1) is 5.60 Å². The highest BCUT2D eigenvalue weighted by atomic mass is 16.5. The zero-order valence-corrected chi connectivity index (χ0v) is 11.1. The lowest BCUT2D eigenvalue weighted by Gasteiger charge is -2.45. The quantitative estimate of drug-likeness (QED) is 0.794. The van der Waals surface area contributed by atoms with Crippen LogP contribution in [-0.2, 0) is 4.74 Å². The van der Waals surface area contributed by atoms with Gasteiger partial charge in [-0.25, -0.2) is 0 Å². The van der Waals surface area contributed by atoms with Gasteiger partial charge < -0.3 is 10.1 Å². The van der Waals surface area contributed by atoms with Gasteiger partial charge in [-0.1, -0.05) is 26.7 Å². The van der Waals surface area contributed by atoms with E-state index in [4.69, 9.17) is 4.74 Å². The van der Waals surface area contributed by atoms with E-state index in [0.29, 0.717) is 0 Å². The first-order chi connectivity index (χ1) is 7.65. The highest BCUT2D eigenvalue weighted by Gasteiger charge is 2.39. The predicted molar refractivity (Wildman–Crippen MR) is 67.5 cm³/mol. The summed E-state index contributed by atoms with van der Waals surface area (Å²) in [7, 11) is 1.88. The Morgan fingerprint density at radius 3 is 2.19 bits per heavy atom. The maximum absolute atomic E-state index is 5.69. The monoisotopic (exact) mass is 225 g/mol. The van der Waals surface area contributed by atoms with Gasteiger partial charge in [-0.3, -0.25) is 0 Å². The highest BCUT2D eigenvalue weighted by Crippen LogP contribution is 2.38. The molecule has 1 saturated carbocycles. The van der Waals surface area contributed by atoms with Crippen LogP contribution in [-0.4, -0.2) is 25.8 Å². The summed E-state index contributed by atoms with van der Waals surface area (Å²) in [6, 6.07) is 0. The van der Waals surface area contributed by atoms with E-state index in [2.05, 4.69) is 19.2 Å². The van der Waals surface area contributed by atoms with Gasteiger partial charge in [0.2, 0.25) is 0 Å². The maximum Gasteiger partial charge on any atom is 0.0928 e. The van der Waals surface area contributed by atoms with Crippen molar-refractivity contribution in [2.45, 2.75) is 51.6 Å². The fourth-order valence-corrected chi connectivity index (χ4v) is 3.36. The molecule has 0 unspecified atom stereocenters. The molecular formula is C14H27NO. The first-order valence-electron chi connectivity index (χ1n) is 6.91. The predicted octanol–water partition coefficient (Wildman–Crippen LogP) is 2.83. The lowest BCUT2D eigenvalue weighted by Crippen LogP contribution is -2.61. The Kier molecular flexibility index (Phi) is 3.91. The zero-order chi connectivity index (χ0) is 11.6. The summed E-state index contributed by atoms with van der Waals surface area (Å²) in [6.45, 7) is 6.87. The van der Waals surface area contributed by atoms with Crippen LogP contribution >= 0.6 is 0 Å². The van der Waals surface area contributed by atoms with Crippen molar-refractivity contribution in [3.05, 3.63) is 0 Å². The first kappa shape index (κ1) is 12.4. The lowest BCUT2D eigenvalue weighted by atomic mass is 9.72. The molecule has 0 amide bonds. The van der Waals surface area contributed by atoms with Crippen LogP contribution in [0.1, 0.15) is 46.0 Å². The van der Waals surface area contributed by atoms with Crippen LogP contribution in [0.3, 0.4) is 0 Å². The minimum Gasteiger partial charge on any atom is -0.376 e. The molecule has 1 saturated heterocycles. The van der Waals surface area contributed by atoms with Crippen LogP contribution in [0.4, 0.5) is 0 Å². The molecule has 16 heavy (non-hydrogen) atoms. The fraction of sp³-hybridized carbons (Fsp3) is 1.00. The molecule has 2 fully saturated rings. The Labute approximate surface area is 100 Å². The van der Waals surface area contributed by atoms with Crippen molar-refractivity contribution in [2.75, 3.05) is 20.2 Å². The molecule has 0 aromatic rings. The Bertz CT molecular complexity index is 209. The average molecular weight is 225 g/mol. The summed E-state index contributed by atoms with van der Waals surface area (Å²) in [5, 5.41) is 3.34. The van der Waals surface area contributed by atoms with E-state index in [0.717, 1.165) is 30.8 Å². The summed E-state index contributed by atoms with van der Waals surface area (Å²) in [5.74, 6) is 2.77. The number of hydrogen-bond donors (Lipinski definition) is 1. The van der Waals surface area contributed by atoms with E-state index in [1.807, 2.05) is 7.11 Å². The van der Waals surface area contributed by atoms with Crippen LogP contribution in [0.5, 0.6) is 0 Å². The number of rotatable bonds is 4. The third-order valence-electron chi connectivity index (χ3n) is 4.82. The Morgan fingerprint density at radius 1 is 1.19 bits per heavy atom. The second-order valence-corrected chi connectivity index (χ2v) is 6.22. The summed E-state index contributed by atoms with van der Waals surface area (Å²) < 4.78 is 5.69. The van der Waals surface area contributed by atoms with Crippen molar-refractivity contribution < 1.29 is 4.74 Å². The SMILES string of the molecule is COC1(CC2CCC(C(C)C)CC2)CNC1. The molecule has 0 aromatic heterocycles. The molecule has 2 heteroatoms. The van der Waals surface area contributed by atoms with Crippen molar-refractivity contribution in [1.29, 1.82) is 0 Å². The summed E-state index contributed by atoms with van der Waals surface area (Å²) in [4.78, 5) is 0. The van der Waals surface area contributed by atoms with Crippen molar-refractivity contribution in [2.24, 2.45) is 17.8 Å². The van der Waals surface area contributed by atoms with Gasteiger partial charge in [0.25, 0.3) is 0 Å². The smallest absolute Gasteiger partial charge is 0.0928 e. The second kappa shape index (κ2) is 5.05. The van der Waals surface area contributed by atoms with E-state index >= 15 is 0 Å². The van der Waals surface area contributed by atoms with Crippen LogP contribution < -0.4 is 5.32 Å². The molecular weight excluding hydrogens is 198 g/mol. The van der Waals surface area contributed by atoms with Gasteiger partial charge >= 0.3 is 0 Å². The molecule has 1 heterocycles. The molecule has 1 aliphatic heterocycles. The molecule has 2 rings (SSSR count). The summed E-state index contributed by atoms with van der Waals surface area (Å²) in [5.41, 5.74) is 0.190. The van der Waals surface area contributed by atoms with Gasteiger partial charge in [-0.15, -0.1) is 0 Å². The molecule has 2 nitrogen and oxygen atoms in total. The number of ether oxygens (including phenoxy) is 1. The number of methoxy groups -OCH3 is 1. The van der Waals surface area contributed by atoms with Crippen LogP contribution in [0.25, 0.3) is 0 Å². The Hall–Kier alpha value is -0.0800. The number of nitrogens with one attached hydrogen (secondary N) is 1. The van der Waals surface area contributed by atoms with Gasteiger partial charge in [-0.2, -0.15) is 0 Å². The molecule has 0 aromatic carbocycles. The second-order valence-electron chi connectivity index (χ2n) is 6.22. The minimum absolute atomic E-state index is 0.190. The van der Waals surface area contributed by atoms with Crippen LogP contribution in [0.15, 0.2) is 0 Å². The average Bonchev–Trinajstić information content (AvgIpc) is 2.24. The topological polar surface area (TPSA) is 21.3 Å². The molecule has 1 N–H and O–H groups in total. The molecule has 2 aliphatic rings. The molecule has 94 valence electrons. The van der Waals surface area contributed by atoms with E-state index in [9.17, 15) is 0 Å². The summed E-state index contributed by atoms with van der Waals surface area (Å²) >= 11 is 0. The summed E-state index contributed by atoms with van der Waals surface area (Å²) in [6.07, 6.45) is 7.01. The van der Waals surface area contributed by atoms with Gasteiger partial charge in [0.15, 0.2) is 0 Å². The van der Waals surface area contributed by atoms with Crippen molar-refractivity contribution in [3.8, 4) is 0 Å². The Balaban J connectivity index is 1.76. The van der Waals surface area contributed by atoms with Crippen LogP contribution in [0.2, 0.25) is 0 Å². The van der Waals surface area contributed by atoms with Gasteiger partial charge in [0, 0.05) is 20.2 Å². The minimum atomic E-state index is 0.190. The molecule has 0 spiro atoms. The van der Waals surface area contributed by atoms with E-state index in [1.54, 1.807) is 0 Å². The van der Waals surface area contributed by atoms with Crippen molar-refractivity contribution >= 4 is 0 Å². The first-order valence-corrected chi connectivity index (χ1v) is 6.91. The third-order valence-corrected chi connectivity index (χ3v) is 4.82. The van der Waals surface area contributed by atoms with E-state index in [1.165, 1.54) is 32.1 Å². The Morgan fingerprint density at radius 2 is 1.81 bits per heavy atom. The molecule has 0 atom stereocenters. The highest BCUT2D eigenvalue weighted by molar-refractivity contribution is 4.96. The molecule has 1 aliphatic carbocycles. The standard InChI is InChI=1S/C14H27NO/c1-11(2)13-6-4-12(5-7-13)8-14(16-3)9-15-10-14/h11-13,15H,4-10H2,1-3H3. The number of hydrogen-bond acceptors (Lipinski definition) is 2. The molecule has 0 radical (unpaired) electrons. The third kappa shape index (κ3) is 2.60. The normalized spacial score (nSPS) is 33.8. The maximum atomic E-state index is 5.69. The van der Waals surface area contributed by atoms with Gasteiger partial charge in [0.1, 0.15) is 0 Å². The fourth-order valence-electron chi connectivity index (χ4n) is 3.36. The van der Waals surface area contributed by atoms with Crippen molar-refractivity contribution in [1.82, 2.24) is 5.32 Å². The molecule has 0 bridgehead atoms. The van der Waals surface area contributed by atoms with Crippen LogP contribution in [0, 0.1) is 17.8 Å². The van der Waals surface area contributed by atoms with Crippen molar-refractivity contribution in [3.63, 3.8) is 0 Å². The van der Waals surface area contributed by atoms with E-state index in [-0.39, 0.29) is 5.60 Å². The lowest BCUT2D eigenvalue weighted by molar-refractivity contribution is -0.0719. The van der Waals surface area contributed by atoms with Gasteiger partial charge in [-0.05, 0) is 37.0 Å². The van der Waals surface area contributed by atoms with E-state index < -0.39 is 0 Å². The zero-order valence-electron chi connectivity index (χ0n) is 11.1.